The van der Waals surface area contributed by atoms with E-state index in [0.29, 0.717) is 5.75 Å². The van der Waals surface area contributed by atoms with E-state index in [0.717, 1.165) is 17.3 Å². The van der Waals surface area contributed by atoms with Crippen molar-refractivity contribution in [2.75, 3.05) is 5.43 Å². The highest BCUT2D eigenvalue weighted by Gasteiger charge is 2.05. The summed E-state index contributed by atoms with van der Waals surface area (Å²) in [4.78, 5) is 0. The molecule has 0 spiro atoms. The number of anilines is 1. The predicted molar refractivity (Wildman–Crippen MR) is 72.8 cm³/mol. The van der Waals surface area contributed by atoms with E-state index in [1.807, 2.05) is 6.92 Å². The lowest BCUT2D eigenvalue weighted by Gasteiger charge is -2.10. The van der Waals surface area contributed by atoms with Gasteiger partial charge in [0.05, 0.1) is 5.69 Å². The Morgan fingerprint density at radius 1 is 1.50 bits per heavy atom. The molecule has 0 saturated heterocycles. The van der Waals surface area contributed by atoms with Gasteiger partial charge in [-0.3, -0.25) is 5.84 Å². The highest BCUT2D eigenvalue weighted by molar-refractivity contribution is 5.53. The number of nitrogen functional groups attached to an aromatic ring is 1. The van der Waals surface area contributed by atoms with Crippen molar-refractivity contribution in [2.45, 2.75) is 13.8 Å². The van der Waals surface area contributed by atoms with Crippen LogP contribution in [0.1, 0.15) is 12.5 Å². The molecule has 1 aromatic rings. The molecule has 0 saturated carbocycles. The smallest absolute Gasteiger partial charge is 0.165 e. The lowest BCUT2D eigenvalue weighted by atomic mass is 10.2. The van der Waals surface area contributed by atoms with Crippen molar-refractivity contribution in [1.29, 1.82) is 0 Å². The van der Waals surface area contributed by atoms with Crippen LogP contribution in [-0.2, 0) is 0 Å². The Labute approximate surface area is 106 Å². The number of nitrogens with two attached hydrogens (primary N) is 1. The van der Waals surface area contributed by atoms with Gasteiger partial charge in [-0.1, -0.05) is 12.7 Å². The highest BCUT2D eigenvalue weighted by atomic mass is 19.1. The third-order valence-electron chi connectivity index (χ3n) is 2.31. The van der Waals surface area contributed by atoms with Crippen LogP contribution >= 0.6 is 0 Å². The summed E-state index contributed by atoms with van der Waals surface area (Å²) >= 11 is 0. The number of hydrogen-bond donors (Lipinski definition) is 2. The average molecular weight is 248 g/mol. The highest BCUT2D eigenvalue weighted by Crippen LogP contribution is 2.23. The second-order valence-corrected chi connectivity index (χ2v) is 3.64. The number of hydrazine groups is 1. The molecule has 0 aliphatic carbocycles. The van der Waals surface area contributed by atoms with E-state index in [1.54, 1.807) is 37.3 Å². The van der Waals surface area contributed by atoms with E-state index in [4.69, 9.17) is 10.6 Å². The van der Waals surface area contributed by atoms with E-state index in [-0.39, 0.29) is 5.76 Å². The van der Waals surface area contributed by atoms with Gasteiger partial charge in [0.15, 0.2) is 11.6 Å². The summed E-state index contributed by atoms with van der Waals surface area (Å²) in [5, 5.41) is 0. The zero-order valence-corrected chi connectivity index (χ0v) is 10.5. The van der Waals surface area contributed by atoms with Gasteiger partial charge in [0.2, 0.25) is 0 Å². The Morgan fingerprint density at radius 3 is 2.72 bits per heavy atom. The number of nitrogens with one attached hydrogen (secondary N) is 1. The van der Waals surface area contributed by atoms with Gasteiger partial charge in [-0.25, -0.2) is 4.39 Å². The second kappa shape index (κ2) is 6.61. The van der Waals surface area contributed by atoms with Gasteiger partial charge >= 0.3 is 0 Å². The van der Waals surface area contributed by atoms with Gasteiger partial charge in [0.25, 0.3) is 0 Å². The first kappa shape index (κ1) is 14.0. The molecule has 0 bridgehead atoms. The summed E-state index contributed by atoms with van der Waals surface area (Å²) in [7, 11) is 0. The molecule has 0 radical (unpaired) electrons. The number of halogens is 1. The fourth-order valence-electron chi connectivity index (χ4n) is 1.40. The lowest BCUT2D eigenvalue weighted by Crippen LogP contribution is -2.08. The van der Waals surface area contributed by atoms with E-state index in [2.05, 4.69) is 12.0 Å². The maximum Gasteiger partial charge on any atom is 0.165 e. The van der Waals surface area contributed by atoms with Crippen LogP contribution in [-0.4, -0.2) is 0 Å². The molecule has 0 fully saturated rings. The molecule has 4 heteroatoms. The monoisotopic (exact) mass is 248 g/mol. The second-order valence-electron chi connectivity index (χ2n) is 3.64. The van der Waals surface area contributed by atoms with Crippen molar-refractivity contribution in [1.82, 2.24) is 0 Å². The van der Waals surface area contributed by atoms with E-state index < -0.39 is 5.83 Å². The van der Waals surface area contributed by atoms with Crippen molar-refractivity contribution in [3.8, 4) is 5.75 Å². The Hall–Kier alpha value is -2.07. The molecule has 3 nitrogen and oxygen atoms in total. The average Bonchev–Trinajstić information content (AvgIpc) is 2.37. The van der Waals surface area contributed by atoms with Gasteiger partial charge in [0, 0.05) is 0 Å². The SMILES string of the molecule is C=C/C(F)=C(\C=C/C)Oc1ccc(NN)c(C)c1. The maximum atomic E-state index is 13.5. The van der Waals surface area contributed by atoms with Crippen molar-refractivity contribution < 1.29 is 9.13 Å². The number of ether oxygens (including phenoxy) is 1. The Morgan fingerprint density at radius 2 is 2.22 bits per heavy atom. The van der Waals surface area contributed by atoms with Crippen LogP contribution in [0.2, 0.25) is 0 Å². The first-order valence-corrected chi connectivity index (χ1v) is 5.52. The van der Waals surface area contributed by atoms with Crippen LogP contribution in [0, 0.1) is 6.92 Å². The zero-order chi connectivity index (χ0) is 13.5. The van der Waals surface area contributed by atoms with E-state index >= 15 is 0 Å². The summed E-state index contributed by atoms with van der Waals surface area (Å²) in [5.41, 5.74) is 4.27. The minimum atomic E-state index is -0.508. The van der Waals surface area contributed by atoms with Gasteiger partial charge in [-0.2, -0.15) is 0 Å². The van der Waals surface area contributed by atoms with Crippen LogP contribution in [0.15, 0.2) is 54.6 Å². The predicted octanol–water partition coefficient (Wildman–Crippen LogP) is 3.60. The van der Waals surface area contributed by atoms with Crippen LogP contribution in [0.5, 0.6) is 5.75 Å². The molecule has 1 aromatic carbocycles. The molecule has 0 aliphatic rings. The fourth-order valence-corrected chi connectivity index (χ4v) is 1.40. The normalized spacial score (nSPS) is 12.2. The molecule has 0 heterocycles. The van der Waals surface area contributed by atoms with Crippen LogP contribution in [0.3, 0.4) is 0 Å². The first-order valence-electron chi connectivity index (χ1n) is 5.52. The Bertz CT molecular complexity index is 493. The summed E-state index contributed by atoms with van der Waals surface area (Å²) in [5.74, 6) is 5.49. The molecule has 18 heavy (non-hydrogen) atoms. The van der Waals surface area contributed by atoms with Crippen molar-refractivity contribution >= 4 is 5.69 Å². The molecular formula is C14H17FN2O. The summed E-state index contributed by atoms with van der Waals surface area (Å²) in [6.45, 7) is 7.04. The number of aryl methyl sites for hydroxylation is 1. The molecule has 3 N–H and O–H groups in total. The largest absolute Gasteiger partial charge is 0.454 e. The molecule has 0 atom stereocenters. The Balaban J connectivity index is 3.02. The molecule has 0 aromatic heterocycles. The van der Waals surface area contributed by atoms with Gasteiger partial charge in [-0.05, 0) is 49.8 Å². The summed E-state index contributed by atoms with van der Waals surface area (Å²) < 4.78 is 18.9. The van der Waals surface area contributed by atoms with Gasteiger partial charge < -0.3 is 10.2 Å². The number of rotatable bonds is 5. The molecule has 0 amide bonds. The third kappa shape index (κ3) is 3.46. The number of hydrogen-bond acceptors (Lipinski definition) is 3. The van der Waals surface area contributed by atoms with E-state index in [1.165, 1.54) is 0 Å². The minimum absolute atomic E-state index is 0.125. The minimum Gasteiger partial charge on any atom is -0.454 e. The number of allylic oxidation sites excluding steroid dienone is 4. The van der Waals surface area contributed by atoms with Gasteiger partial charge in [0.1, 0.15) is 5.75 Å². The third-order valence-corrected chi connectivity index (χ3v) is 2.31. The van der Waals surface area contributed by atoms with Crippen molar-refractivity contribution in [3.63, 3.8) is 0 Å². The molecule has 0 aliphatic heterocycles. The van der Waals surface area contributed by atoms with Gasteiger partial charge in [-0.15, -0.1) is 0 Å². The van der Waals surface area contributed by atoms with Crippen molar-refractivity contribution in [2.24, 2.45) is 5.84 Å². The van der Waals surface area contributed by atoms with Crippen molar-refractivity contribution in [3.05, 3.63) is 60.2 Å². The quantitative estimate of drug-likeness (QED) is 0.362. The van der Waals surface area contributed by atoms with E-state index in [9.17, 15) is 4.39 Å². The lowest BCUT2D eigenvalue weighted by molar-refractivity contribution is 0.419. The Kier molecular flexibility index (Phi) is 5.14. The van der Waals surface area contributed by atoms with Crippen LogP contribution in [0.25, 0.3) is 0 Å². The summed E-state index contributed by atoms with van der Waals surface area (Å²) in [6.07, 6.45) is 4.35. The summed E-state index contributed by atoms with van der Waals surface area (Å²) in [6, 6.07) is 5.25. The molecular weight excluding hydrogens is 231 g/mol. The van der Waals surface area contributed by atoms with Crippen LogP contribution < -0.4 is 16.0 Å². The first-order chi connectivity index (χ1) is 8.62. The zero-order valence-electron chi connectivity index (χ0n) is 10.5. The maximum absolute atomic E-state index is 13.5. The van der Waals surface area contributed by atoms with Crippen LogP contribution in [0.4, 0.5) is 10.1 Å². The molecule has 0 unspecified atom stereocenters. The molecule has 1 rings (SSSR count). The number of benzene rings is 1. The topological polar surface area (TPSA) is 47.3 Å². The molecule has 96 valence electrons. The standard InChI is InChI=1S/C14H17FN2O/c1-4-6-14(12(15)5-2)18-11-7-8-13(17-16)10(3)9-11/h4-9,17H,2,16H2,1,3H3/b6-4-,14-12-. The fraction of sp³-hybridized carbons (Fsp3) is 0.143.